The second-order valence-corrected chi connectivity index (χ2v) is 6.10. The maximum Gasteiger partial charge on any atom is 0.335 e. The molecular formula is C16H22FNO2. The van der Waals surface area contributed by atoms with Crippen LogP contribution < -0.4 is 0 Å². The van der Waals surface area contributed by atoms with Gasteiger partial charge in [0, 0.05) is 24.7 Å². The van der Waals surface area contributed by atoms with Crippen LogP contribution in [-0.4, -0.2) is 28.6 Å². The normalized spacial score (nSPS) is 27.5. The number of rotatable bonds is 3. The Bertz CT molecular complexity index is 503. The molecule has 0 bridgehead atoms. The monoisotopic (exact) mass is 279 g/mol. The summed E-state index contributed by atoms with van der Waals surface area (Å²) in [6, 6.07) is 4.60. The van der Waals surface area contributed by atoms with Gasteiger partial charge in [-0.15, -0.1) is 0 Å². The number of halogens is 1. The van der Waals surface area contributed by atoms with Crippen molar-refractivity contribution >= 4 is 5.97 Å². The number of carboxylic acid groups (broad SMARTS) is 1. The summed E-state index contributed by atoms with van der Waals surface area (Å²) in [7, 11) is 0. The number of aromatic carboxylic acids is 1. The van der Waals surface area contributed by atoms with E-state index in [4.69, 9.17) is 5.11 Å². The third kappa shape index (κ3) is 3.18. The molecule has 0 aromatic heterocycles. The van der Waals surface area contributed by atoms with E-state index in [1.165, 1.54) is 12.5 Å². The van der Waals surface area contributed by atoms with Gasteiger partial charge in [-0.25, -0.2) is 9.18 Å². The fourth-order valence-electron chi connectivity index (χ4n) is 3.07. The highest BCUT2D eigenvalue weighted by atomic mass is 19.1. The number of nitrogens with zero attached hydrogens (tertiary/aromatic N) is 1. The minimum absolute atomic E-state index is 0.000297. The van der Waals surface area contributed by atoms with Crippen LogP contribution in [0.4, 0.5) is 4.39 Å². The summed E-state index contributed by atoms with van der Waals surface area (Å²) in [6.07, 6.45) is 1.21. The van der Waals surface area contributed by atoms with Crippen molar-refractivity contribution in [1.29, 1.82) is 0 Å². The minimum atomic E-state index is -1.09. The van der Waals surface area contributed by atoms with E-state index in [2.05, 4.69) is 25.7 Å². The van der Waals surface area contributed by atoms with Gasteiger partial charge in [-0.1, -0.05) is 19.9 Å². The number of carboxylic acids is 1. The highest BCUT2D eigenvalue weighted by Gasteiger charge is 2.29. The van der Waals surface area contributed by atoms with E-state index in [0.29, 0.717) is 30.0 Å². The Labute approximate surface area is 119 Å². The van der Waals surface area contributed by atoms with Crippen LogP contribution in [0.2, 0.25) is 0 Å². The number of benzene rings is 1. The van der Waals surface area contributed by atoms with Crippen LogP contribution in [0.1, 0.15) is 43.1 Å². The van der Waals surface area contributed by atoms with Gasteiger partial charge in [0.2, 0.25) is 0 Å². The molecule has 4 heteroatoms. The maximum absolute atomic E-state index is 14.0. The van der Waals surface area contributed by atoms with Gasteiger partial charge >= 0.3 is 5.97 Å². The zero-order valence-corrected chi connectivity index (χ0v) is 12.3. The van der Waals surface area contributed by atoms with Gasteiger partial charge < -0.3 is 5.11 Å². The van der Waals surface area contributed by atoms with Crippen LogP contribution in [0.15, 0.2) is 18.2 Å². The van der Waals surface area contributed by atoms with Crippen molar-refractivity contribution in [1.82, 2.24) is 4.90 Å². The van der Waals surface area contributed by atoms with E-state index in [-0.39, 0.29) is 5.56 Å². The topological polar surface area (TPSA) is 40.5 Å². The highest BCUT2D eigenvalue weighted by molar-refractivity contribution is 5.87. The first-order chi connectivity index (χ1) is 9.38. The van der Waals surface area contributed by atoms with E-state index in [0.717, 1.165) is 12.6 Å². The van der Waals surface area contributed by atoms with E-state index in [1.54, 1.807) is 6.07 Å². The molecule has 2 rings (SSSR count). The fourth-order valence-corrected chi connectivity index (χ4v) is 3.07. The van der Waals surface area contributed by atoms with Crippen LogP contribution in [0.25, 0.3) is 0 Å². The van der Waals surface area contributed by atoms with Crippen LogP contribution in [-0.2, 0) is 6.54 Å². The molecule has 3 nitrogen and oxygen atoms in total. The molecule has 3 atom stereocenters. The number of hydrogen-bond donors (Lipinski definition) is 1. The number of carbonyl (C=O) groups is 1. The summed E-state index contributed by atoms with van der Waals surface area (Å²) >= 11 is 0. The van der Waals surface area contributed by atoms with Crippen LogP contribution in [0.5, 0.6) is 0 Å². The molecule has 1 fully saturated rings. The molecule has 1 heterocycles. The molecule has 0 saturated carbocycles. The van der Waals surface area contributed by atoms with Crippen molar-refractivity contribution in [2.24, 2.45) is 11.8 Å². The Morgan fingerprint density at radius 2 is 2.10 bits per heavy atom. The van der Waals surface area contributed by atoms with Crippen LogP contribution >= 0.6 is 0 Å². The van der Waals surface area contributed by atoms with Crippen molar-refractivity contribution in [2.45, 2.75) is 39.8 Å². The number of piperidine rings is 1. The summed E-state index contributed by atoms with van der Waals surface area (Å²) in [5, 5.41) is 8.86. The van der Waals surface area contributed by atoms with E-state index in [1.807, 2.05) is 0 Å². The fraction of sp³-hybridized carbons (Fsp3) is 0.562. The molecule has 0 radical (unpaired) electrons. The standard InChI is InChI=1S/C16H22FNO2/c1-10-6-11(2)12(3)18(8-10)9-14-5-4-13(16(19)20)7-15(14)17/h4-5,7,10-12H,6,8-9H2,1-3H3,(H,19,20). The van der Waals surface area contributed by atoms with Crippen molar-refractivity contribution < 1.29 is 14.3 Å². The van der Waals surface area contributed by atoms with Gasteiger partial charge in [0.15, 0.2) is 0 Å². The second-order valence-electron chi connectivity index (χ2n) is 6.10. The lowest BCUT2D eigenvalue weighted by Gasteiger charge is -2.41. The summed E-state index contributed by atoms with van der Waals surface area (Å²) in [5.74, 6) is -0.310. The molecule has 0 aliphatic carbocycles. The van der Waals surface area contributed by atoms with Crippen LogP contribution in [0.3, 0.4) is 0 Å². The molecule has 1 aromatic carbocycles. The van der Waals surface area contributed by atoms with Crippen molar-refractivity contribution in [2.75, 3.05) is 6.54 Å². The smallest absolute Gasteiger partial charge is 0.335 e. The first-order valence-electron chi connectivity index (χ1n) is 7.14. The molecule has 0 spiro atoms. The molecule has 1 aliphatic rings. The zero-order valence-electron chi connectivity index (χ0n) is 12.3. The molecule has 1 aliphatic heterocycles. The van der Waals surface area contributed by atoms with Crippen LogP contribution in [0, 0.1) is 17.7 Å². The van der Waals surface area contributed by atoms with Gasteiger partial charge in [0.1, 0.15) is 5.82 Å². The van der Waals surface area contributed by atoms with Crippen molar-refractivity contribution in [3.8, 4) is 0 Å². The van der Waals surface area contributed by atoms with E-state index in [9.17, 15) is 9.18 Å². The quantitative estimate of drug-likeness (QED) is 0.922. The Morgan fingerprint density at radius 3 is 2.70 bits per heavy atom. The summed E-state index contributed by atoms with van der Waals surface area (Å²) < 4.78 is 14.0. The third-order valence-corrected chi connectivity index (χ3v) is 4.39. The molecular weight excluding hydrogens is 257 g/mol. The molecule has 3 unspecified atom stereocenters. The Morgan fingerprint density at radius 1 is 1.40 bits per heavy atom. The van der Waals surface area contributed by atoms with Crippen molar-refractivity contribution in [3.63, 3.8) is 0 Å². The number of likely N-dealkylation sites (tertiary alicyclic amines) is 1. The highest BCUT2D eigenvalue weighted by Crippen LogP contribution is 2.28. The number of hydrogen-bond acceptors (Lipinski definition) is 2. The maximum atomic E-state index is 14.0. The average molecular weight is 279 g/mol. The average Bonchev–Trinajstić information content (AvgIpc) is 2.37. The van der Waals surface area contributed by atoms with Gasteiger partial charge in [-0.2, -0.15) is 0 Å². The summed E-state index contributed by atoms with van der Waals surface area (Å²) in [5.41, 5.74) is 0.572. The molecule has 1 aromatic rings. The molecule has 110 valence electrons. The van der Waals surface area contributed by atoms with Gasteiger partial charge in [-0.3, -0.25) is 4.90 Å². The lowest BCUT2D eigenvalue weighted by Crippen LogP contribution is -2.45. The second kappa shape index (κ2) is 5.92. The predicted molar refractivity (Wildman–Crippen MR) is 76.2 cm³/mol. The predicted octanol–water partition coefficient (Wildman–Crippen LogP) is 3.39. The lowest BCUT2D eigenvalue weighted by atomic mass is 9.85. The Kier molecular flexibility index (Phi) is 4.43. The van der Waals surface area contributed by atoms with Gasteiger partial charge in [0.25, 0.3) is 0 Å². The van der Waals surface area contributed by atoms with E-state index >= 15 is 0 Å². The Balaban J connectivity index is 2.15. The lowest BCUT2D eigenvalue weighted by molar-refractivity contribution is 0.0694. The molecule has 1 N–H and O–H groups in total. The first-order valence-corrected chi connectivity index (χ1v) is 7.14. The first kappa shape index (κ1) is 15.0. The molecule has 0 amide bonds. The zero-order chi connectivity index (χ0) is 14.9. The van der Waals surface area contributed by atoms with Crippen molar-refractivity contribution in [3.05, 3.63) is 35.1 Å². The molecule has 1 saturated heterocycles. The SMILES string of the molecule is CC1CC(C)C(C)N(Cc2ccc(C(=O)O)cc2F)C1. The third-order valence-electron chi connectivity index (χ3n) is 4.39. The van der Waals surface area contributed by atoms with E-state index < -0.39 is 11.8 Å². The summed E-state index contributed by atoms with van der Waals surface area (Å²) in [4.78, 5) is 13.1. The minimum Gasteiger partial charge on any atom is -0.478 e. The largest absolute Gasteiger partial charge is 0.478 e. The van der Waals surface area contributed by atoms with Gasteiger partial charge in [-0.05, 0) is 37.3 Å². The summed E-state index contributed by atoms with van der Waals surface area (Å²) in [6.45, 7) is 8.14. The molecule has 20 heavy (non-hydrogen) atoms. The van der Waals surface area contributed by atoms with Gasteiger partial charge in [0.05, 0.1) is 5.56 Å². The Hall–Kier alpha value is -1.42.